The highest BCUT2D eigenvalue weighted by molar-refractivity contribution is 9.10. The number of benzene rings is 2. The van der Waals surface area contributed by atoms with Crippen molar-refractivity contribution in [3.05, 3.63) is 70.0 Å². The minimum atomic E-state index is -0.0784. The molecule has 2 aromatic carbocycles. The highest BCUT2D eigenvalue weighted by atomic mass is 79.9. The molecular formula is C19H18BrN3O2. The minimum Gasteiger partial charge on any atom is -0.337 e. The molecule has 0 bridgehead atoms. The number of halogens is 1. The van der Waals surface area contributed by atoms with E-state index in [9.17, 15) is 4.79 Å². The van der Waals surface area contributed by atoms with Crippen LogP contribution in [0.2, 0.25) is 0 Å². The second-order valence-corrected chi connectivity index (χ2v) is 6.53. The molecule has 0 aliphatic heterocycles. The molecule has 128 valence electrons. The maximum Gasteiger partial charge on any atom is 0.255 e. The monoisotopic (exact) mass is 399 g/mol. The predicted octanol–water partition coefficient (Wildman–Crippen LogP) is 4.47. The molecule has 3 aromatic rings. The van der Waals surface area contributed by atoms with Gasteiger partial charge in [0.25, 0.3) is 5.91 Å². The van der Waals surface area contributed by atoms with Crippen molar-refractivity contribution in [2.75, 3.05) is 6.54 Å². The van der Waals surface area contributed by atoms with E-state index in [1.54, 1.807) is 11.0 Å². The Morgan fingerprint density at radius 3 is 2.72 bits per heavy atom. The van der Waals surface area contributed by atoms with Gasteiger partial charge in [-0.15, -0.1) is 0 Å². The van der Waals surface area contributed by atoms with Gasteiger partial charge >= 0.3 is 0 Å². The second-order valence-electron chi connectivity index (χ2n) is 5.68. The smallest absolute Gasteiger partial charge is 0.255 e. The molecule has 1 amide bonds. The van der Waals surface area contributed by atoms with E-state index in [-0.39, 0.29) is 12.5 Å². The lowest BCUT2D eigenvalue weighted by Crippen LogP contribution is -2.30. The van der Waals surface area contributed by atoms with E-state index < -0.39 is 0 Å². The first kappa shape index (κ1) is 17.4. The van der Waals surface area contributed by atoms with Crippen molar-refractivity contribution in [1.29, 1.82) is 0 Å². The first-order valence-corrected chi connectivity index (χ1v) is 8.81. The molecule has 1 aromatic heterocycles. The number of carbonyl (C=O) groups excluding carboxylic acids is 1. The van der Waals surface area contributed by atoms with Crippen LogP contribution in [0, 0.1) is 6.92 Å². The second kappa shape index (κ2) is 7.61. The maximum absolute atomic E-state index is 12.7. The average Bonchev–Trinajstić information content (AvgIpc) is 3.08. The maximum atomic E-state index is 12.7. The van der Waals surface area contributed by atoms with Gasteiger partial charge in [0, 0.05) is 16.6 Å². The Balaban J connectivity index is 1.79. The quantitative estimate of drug-likeness (QED) is 0.634. The molecule has 1 heterocycles. The predicted molar refractivity (Wildman–Crippen MR) is 99.0 cm³/mol. The van der Waals surface area contributed by atoms with Crippen LogP contribution in [0.15, 0.2) is 57.5 Å². The Labute approximate surface area is 154 Å². The molecule has 0 saturated heterocycles. The molecule has 6 heteroatoms. The first-order chi connectivity index (χ1) is 12.1. The highest BCUT2D eigenvalue weighted by Gasteiger charge is 2.19. The lowest BCUT2D eigenvalue weighted by atomic mass is 10.1. The van der Waals surface area contributed by atoms with Gasteiger partial charge in [-0.2, -0.15) is 4.98 Å². The van der Waals surface area contributed by atoms with Crippen LogP contribution in [0.1, 0.15) is 28.7 Å². The topological polar surface area (TPSA) is 59.2 Å². The van der Waals surface area contributed by atoms with E-state index in [1.807, 2.05) is 56.3 Å². The van der Waals surface area contributed by atoms with Crippen LogP contribution in [0.5, 0.6) is 0 Å². The summed E-state index contributed by atoms with van der Waals surface area (Å²) in [5.74, 6) is 0.868. The van der Waals surface area contributed by atoms with Crippen LogP contribution in [-0.2, 0) is 6.54 Å². The van der Waals surface area contributed by atoms with Gasteiger partial charge < -0.3 is 9.42 Å². The molecule has 5 nitrogen and oxygen atoms in total. The number of aryl methyl sites for hydroxylation is 1. The van der Waals surface area contributed by atoms with Gasteiger partial charge in [-0.1, -0.05) is 41.1 Å². The highest BCUT2D eigenvalue weighted by Crippen LogP contribution is 2.20. The summed E-state index contributed by atoms with van der Waals surface area (Å²) >= 11 is 3.42. The molecule has 0 aliphatic carbocycles. The summed E-state index contributed by atoms with van der Waals surface area (Å²) in [5.41, 5.74) is 2.64. The molecule has 25 heavy (non-hydrogen) atoms. The summed E-state index contributed by atoms with van der Waals surface area (Å²) in [5, 5.41) is 4.03. The third kappa shape index (κ3) is 3.96. The summed E-state index contributed by atoms with van der Waals surface area (Å²) in [6.07, 6.45) is 0. The van der Waals surface area contributed by atoms with E-state index in [0.717, 1.165) is 15.6 Å². The summed E-state index contributed by atoms with van der Waals surface area (Å²) in [4.78, 5) is 18.8. The van der Waals surface area contributed by atoms with Crippen molar-refractivity contribution in [3.8, 4) is 11.4 Å². The number of nitrogens with zero attached hydrogens (tertiary/aromatic N) is 3. The zero-order valence-electron chi connectivity index (χ0n) is 14.1. The standard InChI is InChI=1S/C19H18BrN3O2/c1-3-23(19(24)15-9-4-5-10-16(15)20)12-17-21-18(22-25-17)14-8-6-7-13(2)11-14/h4-11H,3,12H2,1-2H3. The van der Waals surface area contributed by atoms with Gasteiger partial charge in [0.2, 0.25) is 11.7 Å². The summed E-state index contributed by atoms with van der Waals surface area (Å²) in [7, 11) is 0. The van der Waals surface area contributed by atoms with Gasteiger partial charge in [0.15, 0.2) is 0 Å². The molecule has 0 N–H and O–H groups in total. The van der Waals surface area contributed by atoms with Crippen LogP contribution in [-0.4, -0.2) is 27.5 Å². The van der Waals surface area contributed by atoms with Gasteiger partial charge in [-0.3, -0.25) is 4.79 Å². The molecule has 0 aliphatic rings. The lowest BCUT2D eigenvalue weighted by molar-refractivity contribution is 0.0733. The molecule has 0 spiro atoms. The Hall–Kier alpha value is -2.47. The van der Waals surface area contributed by atoms with Crippen molar-refractivity contribution in [1.82, 2.24) is 15.0 Å². The third-order valence-corrected chi connectivity index (χ3v) is 4.54. The number of hydrogen-bond acceptors (Lipinski definition) is 4. The number of rotatable bonds is 5. The fourth-order valence-corrected chi connectivity index (χ4v) is 2.97. The van der Waals surface area contributed by atoms with Crippen LogP contribution in [0.25, 0.3) is 11.4 Å². The molecule has 0 atom stereocenters. The Morgan fingerprint density at radius 2 is 2.00 bits per heavy atom. The zero-order chi connectivity index (χ0) is 17.8. The number of aromatic nitrogens is 2. The molecule has 0 radical (unpaired) electrons. The molecular weight excluding hydrogens is 382 g/mol. The summed E-state index contributed by atoms with van der Waals surface area (Å²) in [6, 6.07) is 15.3. The molecule has 0 fully saturated rings. The van der Waals surface area contributed by atoms with E-state index in [0.29, 0.717) is 23.8 Å². The van der Waals surface area contributed by atoms with Crippen molar-refractivity contribution in [3.63, 3.8) is 0 Å². The van der Waals surface area contributed by atoms with E-state index in [1.165, 1.54) is 0 Å². The molecule has 0 saturated carbocycles. The van der Waals surface area contributed by atoms with E-state index in [4.69, 9.17) is 4.52 Å². The Kier molecular flexibility index (Phi) is 5.28. The van der Waals surface area contributed by atoms with Gasteiger partial charge in [0.05, 0.1) is 5.56 Å². The fourth-order valence-electron chi connectivity index (χ4n) is 2.52. The lowest BCUT2D eigenvalue weighted by Gasteiger charge is -2.19. The number of amides is 1. The Morgan fingerprint density at radius 1 is 1.20 bits per heavy atom. The molecule has 0 unspecified atom stereocenters. The molecule has 3 rings (SSSR count). The normalized spacial score (nSPS) is 10.7. The number of hydrogen-bond donors (Lipinski definition) is 0. The van der Waals surface area contributed by atoms with Gasteiger partial charge in [-0.05, 0) is 48.0 Å². The van der Waals surface area contributed by atoms with Gasteiger partial charge in [-0.25, -0.2) is 0 Å². The van der Waals surface area contributed by atoms with E-state index >= 15 is 0 Å². The fraction of sp³-hybridized carbons (Fsp3) is 0.211. The van der Waals surface area contributed by atoms with Crippen LogP contribution in [0.4, 0.5) is 0 Å². The summed E-state index contributed by atoms with van der Waals surface area (Å²) < 4.78 is 6.11. The number of carbonyl (C=O) groups is 1. The van der Waals surface area contributed by atoms with Crippen LogP contribution < -0.4 is 0 Å². The Bertz CT molecular complexity index is 892. The first-order valence-electron chi connectivity index (χ1n) is 8.02. The average molecular weight is 400 g/mol. The van der Waals surface area contributed by atoms with E-state index in [2.05, 4.69) is 26.1 Å². The summed E-state index contributed by atoms with van der Waals surface area (Å²) in [6.45, 7) is 4.75. The minimum absolute atomic E-state index is 0.0784. The largest absolute Gasteiger partial charge is 0.337 e. The SMILES string of the molecule is CCN(Cc1nc(-c2cccc(C)c2)no1)C(=O)c1ccccc1Br. The van der Waals surface area contributed by atoms with Crippen LogP contribution >= 0.6 is 15.9 Å². The van der Waals surface area contributed by atoms with Gasteiger partial charge in [0.1, 0.15) is 6.54 Å². The third-order valence-electron chi connectivity index (χ3n) is 3.84. The van der Waals surface area contributed by atoms with Crippen molar-refractivity contribution in [2.24, 2.45) is 0 Å². The van der Waals surface area contributed by atoms with Crippen molar-refractivity contribution in [2.45, 2.75) is 20.4 Å². The zero-order valence-corrected chi connectivity index (χ0v) is 15.7. The van der Waals surface area contributed by atoms with Crippen molar-refractivity contribution >= 4 is 21.8 Å². The van der Waals surface area contributed by atoms with Crippen molar-refractivity contribution < 1.29 is 9.32 Å². The van der Waals surface area contributed by atoms with Crippen LogP contribution in [0.3, 0.4) is 0 Å².